The van der Waals surface area contributed by atoms with Gasteiger partial charge in [-0.15, -0.1) is 5.10 Å². The van der Waals surface area contributed by atoms with Crippen molar-refractivity contribution in [3.05, 3.63) is 59.6 Å². The van der Waals surface area contributed by atoms with Crippen molar-refractivity contribution < 1.29 is 4.79 Å². The maximum atomic E-state index is 12.2. The highest BCUT2D eigenvalue weighted by atomic mass is 35.5. The lowest BCUT2D eigenvalue weighted by atomic mass is 10.2. The first-order valence-corrected chi connectivity index (χ1v) is 6.37. The molecule has 21 heavy (non-hydrogen) atoms. The number of carbonyl (C=O) groups excluding carboxylic acids is 1. The smallest absolute Gasteiger partial charge is 0.258 e. The Morgan fingerprint density at radius 1 is 1.24 bits per heavy atom. The van der Waals surface area contributed by atoms with E-state index in [0.29, 0.717) is 11.3 Å². The van der Waals surface area contributed by atoms with E-state index in [9.17, 15) is 4.79 Å². The number of nitrogens with one attached hydrogen (secondary N) is 1. The standard InChI is InChI=1S/C13H9ClN6O/c14-12-11(5-2-6-15-12)13(21)17-9-3-1-4-10(7-9)20-8-16-18-19-20/h1-8H,(H,17,21). The van der Waals surface area contributed by atoms with Gasteiger partial charge in [-0.3, -0.25) is 4.79 Å². The summed E-state index contributed by atoms with van der Waals surface area (Å²) in [6.07, 6.45) is 3.00. The van der Waals surface area contributed by atoms with Gasteiger partial charge >= 0.3 is 0 Å². The minimum Gasteiger partial charge on any atom is -0.322 e. The summed E-state index contributed by atoms with van der Waals surface area (Å²) in [6, 6.07) is 10.4. The number of tetrazole rings is 1. The Hall–Kier alpha value is -2.80. The van der Waals surface area contributed by atoms with E-state index in [2.05, 4.69) is 25.8 Å². The molecular formula is C13H9ClN6O. The van der Waals surface area contributed by atoms with Crippen molar-refractivity contribution in [1.29, 1.82) is 0 Å². The maximum absolute atomic E-state index is 12.2. The number of aromatic nitrogens is 5. The SMILES string of the molecule is O=C(Nc1cccc(-n2cnnn2)c1)c1cccnc1Cl. The van der Waals surface area contributed by atoms with Gasteiger partial charge in [0.15, 0.2) is 0 Å². The lowest BCUT2D eigenvalue weighted by molar-refractivity contribution is 0.102. The Morgan fingerprint density at radius 2 is 2.14 bits per heavy atom. The maximum Gasteiger partial charge on any atom is 0.258 e. The molecule has 0 radical (unpaired) electrons. The van der Waals surface area contributed by atoms with E-state index in [1.807, 2.05) is 6.07 Å². The highest BCUT2D eigenvalue weighted by Gasteiger charge is 2.11. The van der Waals surface area contributed by atoms with Crippen LogP contribution >= 0.6 is 11.6 Å². The second kappa shape index (κ2) is 5.68. The van der Waals surface area contributed by atoms with Crippen LogP contribution in [-0.4, -0.2) is 31.1 Å². The topological polar surface area (TPSA) is 85.6 Å². The summed E-state index contributed by atoms with van der Waals surface area (Å²) >= 11 is 5.90. The molecule has 1 aromatic carbocycles. The summed E-state index contributed by atoms with van der Waals surface area (Å²) in [7, 11) is 0. The van der Waals surface area contributed by atoms with Gasteiger partial charge in [0.1, 0.15) is 11.5 Å². The van der Waals surface area contributed by atoms with Crippen LogP contribution in [0, 0.1) is 0 Å². The number of carbonyl (C=O) groups is 1. The fourth-order valence-electron chi connectivity index (χ4n) is 1.76. The summed E-state index contributed by atoms with van der Waals surface area (Å²) in [5.74, 6) is -0.332. The fourth-order valence-corrected chi connectivity index (χ4v) is 1.96. The van der Waals surface area contributed by atoms with E-state index in [0.717, 1.165) is 5.69 Å². The largest absolute Gasteiger partial charge is 0.322 e. The van der Waals surface area contributed by atoms with Gasteiger partial charge in [-0.2, -0.15) is 0 Å². The lowest BCUT2D eigenvalue weighted by Gasteiger charge is -2.07. The number of benzene rings is 1. The molecule has 0 saturated carbocycles. The van der Waals surface area contributed by atoms with Gasteiger partial charge in [-0.25, -0.2) is 9.67 Å². The van der Waals surface area contributed by atoms with Crippen LogP contribution in [0.4, 0.5) is 5.69 Å². The van der Waals surface area contributed by atoms with Crippen molar-refractivity contribution in [3.63, 3.8) is 0 Å². The van der Waals surface area contributed by atoms with Crippen LogP contribution in [0.25, 0.3) is 5.69 Å². The molecule has 0 bridgehead atoms. The zero-order chi connectivity index (χ0) is 14.7. The Bertz CT molecular complexity index is 774. The van der Waals surface area contributed by atoms with Crippen molar-refractivity contribution >= 4 is 23.2 Å². The van der Waals surface area contributed by atoms with Crippen molar-refractivity contribution in [2.45, 2.75) is 0 Å². The highest BCUT2D eigenvalue weighted by Crippen LogP contribution is 2.17. The van der Waals surface area contributed by atoms with Gasteiger partial charge in [-0.05, 0) is 40.8 Å². The second-order valence-corrected chi connectivity index (χ2v) is 4.46. The molecule has 0 spiro atoms. The number of amides is 1. The van der Waals surface area contributed by atoms with E-state index in [-0.39, 0.29) is 11.1 Å². The normalized spacial score (nSPS) is 10.3. The molecular weight excluding hydrogens is 292 g/mol. The molecule has 2 aromatic heterocycles. The van der Waals surface area contributed by atoms with Gasteiger partial charge in [0.25, 0.3) is 5.91 Å². The molecule has 1 N–H and O–H groups in total. The Kier molecular flexibility index (Phi) is 3.57. The van der Waals surface area contributed by atoms with Crippen LogP contribution in [0.1, 0.15) is 10.4 Å². The molecule has 1 amide bonds. The molecule has 0 aliphatic carbocycles. The number of hydrogen-bond acceptors (Lipinski definition) is 5. The van der Waals surface area contributed by atoms with Crippen molar-refractivity contribution in [1.82, 2.24) is 25.2 Å². The summed E-state index contributed by atoms with van der Waals surface area (Å²) in [5.41, 5.74) is 1.65. The number of halogens is 1. The second-order valence-electron chi connectivity index (χ2n) is 4.10. The third kappa shape index (κ3) is 2.87. The molecule has 0 aliphatic rings. The molecule has 0 atom stereocenters. The molecule has 7 nitrogen and oxygen atoms in total. The quantitative estimate of drug-likeness (QED) is 0.747. The van der Waals surface area contributed by atoms with E-state index < -0.39 is 0 Å². The minimum atomic E-state index is -0.332. The number of hydrogen-bond donors (Lipinski definition) is 1. The van der Waals surface area contributed by atoms with Gasteiger partial charge in [0.2, 0.25) is 0 Å². The van der Waals surface area contributed by atoms with Crippen LogP contribution in [-0.2, 0) is 0 Å². The zero-order valence-corrected chi connectivity index (χ0v) is 11.4. The monoisotopic (exact) mass is 300 g/mol. The molecule has 0 saturated heterocycles. The van der Waals surface area contributed by atoms with Crippen LogP contribution < -0.4 is 5.32 Å². The van der Waals surface area contributed by atoms with Crippen LogP contribution in [0.5, 0.6) is 0 Å². The van der Waals surface area contributed by atoms with Crippen molar-refractivity contribution in [2.75, 3.05) is 5.32 Å². The molecule has 0 fully saturated rings. The molecule has 2 heterocycles. The minimum absolute atomic E-state index is 0.159. The van der Waals surface area contributed by atoms with E-state index in [1.165, 1.54) is 17.2 Å². The molecule has 8 heteroatoms. The van der Waals surface area contributed by atoms with Gasteiger partial charge < -0.3 is 5.32 Å². The number of nitrogens with zero attached hydrogens (tertiary/aromatic N) is 5. The number of pyridine rings is 1. The Labute approximate surface area is 124 Å². The van der Waals surface area contributed by atoms with Crippen LogP contribution in [0.3, 0.4) is 0 Å². The molecule has 104 valence electrons. The lowest BCUT2D eigenvalue weighted by Crippen LogP contribution is -2.13. The molecule has 0 unspecified atom stereocenters. The molecule has 3 rings (SSSR count). The first-order valence-electron chi connectivity index (χ1n) is 5.99. The third-order valence-corrected chi connectivity index (χ3v) is 3.02. The Morgan fingerprint density at radius 3 is 2.90 bits per heavy atom. The van der Waals surface area contributed by atoms with Gasteiger partial charge in [0, 0.05) is 11.9 Å². The van der Waals surface area contributed by atoms with Crippen LogP contribution in [0.2, 0.25) is 5.15 Å². The van der Waals surface area contributed by atoms with E-state index in [1.54, 1.807) is 30.3 Å². The van der Waals surface area contributed by atoms with Gasteiger partial charge in [0.05, 0.1) is 11.3 Å². The fraction of sp³-hybridized carbons (Fsp3) is 0. The third-order valence-electron chi connectivity index (χ3n) is 2.72. The highest BCUT2D eigenvalue weighted by molar-refractivity contribution is 6.33. The number of rotatable bonds is 3. The number of anilines is 1. The van der Waals surface area contributed by atoms with Crippen LogP contribution in [0.15, 0.2) is 48.9 Å². The molecule has 3 aromatic rings. The zero-order valence-electron chi connectivity index (χ0n) is 10.6. The Balaban J connectivity index is 1.84. The predicted octanol–water partition coefficient (Wildman–Crippen LogP) is 1.96. The van der Waals surface area contributed by atoms with Crippen molar-refractivity contribution in [2.24, 2.45) is 0 Å². The summed E-state index contributed by atoms with van der Waals surface area (Å²) in [6.45, 7) is 0. The van der Waals surface area contributed by atoms with Crippen molar-refractivity contribution in [3.8, 4) is 5.69 Å². The first kappa shape index (κ1) is 13.2. The average Bonchev–Trinajstić information content (AvgIpc) is 3.02. The summed E-state index contributed by atoms with van der Waals surface area (Å²) < 4.78 is 1.49. The predicted molar refractivity (Wildman–Crippen MR) is 76.4 cm³/mol. The first-order chi connectivity index (χ1) is 10.2. The van der Waals surface area contributed by atoms with E-state index in [4.69, 9.17) is 11.6 Å². The molecule has 0 aliphatic heterocycles. The average molecular weight is 301 g/mol. The summed E-state index contributed by atoms with van der Waals surface area (Å²) in [5, 5.41) is 13.8. The van der Waals surface area contributed by atoms with Gasteiger partial charge in [-0.1, -0.05) is 17.7 Å². The summed E-state index contributed by atoms with van der Waals surface area (Å²) in [4.78, 5) is 16.0. The van der Waals surface area contributed by atoms with E-state index >= 15 is 0 Å².